The van der Waals surface area contributed by atoms with Gasteiger partial charge in [-0.15, -0.1) is 0 Å². The van der Waals surface area contributed by atoms with Crippen LogP contribution in [0.2, 0.25) is 0 Å². The number of hydrogen-bond acceptors (Lipinski definition) is 3. The lowest BCUT2D eigenvalue weighted by Crippen LogP contribution is -2.51. The molecule has 1 aliphatic heterocycles. The quantitative estimate of drug-likeness (QED) is 0.471. The number of para-hydroxylation sites is 1. The van der Waals surface area contributed by atoms with Gasteiger partial charge in [-0.05, 0) is 48.6 Å². The van der Waals surface area contributed by atoms with Crippen LogP contribution in [0.1, 0.15) is 54.4 Å². The molecule has 7 heteroatoms. The molecule has 0 aliphatic carbocycles. The number of carboxylic acid groups (broad SMARTS) is 1. The summed E-state index contributed by atoms with van der Waals surface area (Å²) in [6.07, 6.45) is 2.21. The smallest absolute Gasteiger partial charge is 0.335 e. The summed E-state index contributed by atoms with van der Waals surface area (Å²) in [7, 11) is 0. The van der Waals surface area contributed by atoms with E-state index in [4.69, 9.17) is 0 Å². The fraction of sp³-hybridized carbons (Fsp3) is 0.393. The van der Waals surface area contributed by atoms with Crippen molar-refractivity contribution in [3.8, 4) is 0 Å². The minimum absolute atomic E-state index is 0.00647. The van der Waals surface area contributed by atoms with Crippen molar-refractivity contribution in [2.24, 2.45) is 5.92 Å². The van der Waals surface area contributed by atoms with Crippen molar-refractivity contribution in [1.82, 2.24) is 14.4 Å². The van der Waals surface area contributed by atoms with Gasteiger partial charge in [0.05, 0.1) is 12.1 Å². The van der Waals surface area contributed by atoms with Gasteiger partial charge in [-0.1, -0.05) is 44.2 Å². The molecule has 1 aromatic heterocycles. The maximum Gasteiger partial charge on any atom is 0.335 e. The van der Waals surface area contributed by atoms with Gasteiger partial charge in [0.25, 0.3) is 0 Å². The van der Waals surface area contributed by atoms with Crippen LogP contribution >= 0.6 is 0 Å². The summed E-state index contributed by atoms with van der Waals surface area (Å²) in [6, 6.07) is 14.5. The number of benzene rings is 2. The second kappa shape index (κ2) is 10.3. The number of fused-ring (bicyclic) bond motifs is 3. The summed E-state index contributed by atoms with van der Waals surface area (Å²) in [4.78, 5) is 40.4. The second-order valence-electron chi connectivity index (χ2n) is 9.63. The number of aromatic nitrogens is 1. The van der Waals surface area contributed by atoms with E-state index in [2.05, 4.69) is 30.5 Å². The molecule has 1 N–H and O–H groups in total. The van der Waals surface area contributed by atoms with Crippen LogP contribution in [0.25, 0.3) is 10.9 Å². The molecular weight excluding hydrogens is 442 g/mol. The molecule has 184 valence electrons. The highest BCUT2D eigenvalue weighted by molar-refractivity contribution is 5.90. The van der Waals surface area contributed by atoms with E-state index in [1.54, 1.807) is 17.0 Å². The van der Waals surface area contributed by atoms with Gasteiger partial charge in [0.15, 0.2) is 0 Å². The fourth-order valence-electron chi connectivity index (χ4n) is 4.93. The van der Waals surface area contributed by atoms with Gasteiger partial charge < -0.3 is 19.5 Å². The van der Waals surface area contributed by atoms with E-state index in [0.717, 1.165) is 40.6 Å². The molecule has 2 aromatic carbocycles. The molecule has 0 spiro atoms. The molecular formula is C28H33N3O4. The van der Waals surface area contributed by atoms with Crippen molar-refractivity contribution >= 4 is 29.2 Å². The molecule has 2 heterocycles. The van der Waals surface area contributed by atoms with Gasteiger partial charge in [0, 0.05) is 42.7 Å². The topological polar surface area (TPSA) is 82.8 Å². The lowest BCUT2D eigenvalue weighted by Gasteiger charge is -2.36. The van der Waals surface area contributed by atoms with Crippen LogP contribution in [0.3, 0.4) is 0 Å². The van der Waals surface area contributed by atoms with Crippen molar-refractivity contribution < 1.29 is 19.5 Å². The van der Waals surface area contributed by atoms with Crippen LogP contribution in [0, 0.1) is 5.92 Å². The highest BCUT2D eigenvalue weighted by Gasteiger charge is 2.36. The van der Waals surface area contributed by atoms with E-state index in [1.807, 2.05) is 36.1 Å². The monoisotopic (exact) mass is 475 g/mol. The normalized spacial score (nSPS) is 15.3. The van der Waals surface area contributed by atoms with Crippen LogP contribution in [0.15, 0.2) is 48.5 Å². The standard InChI is InChI=1S/C28H33N3O4/c1-4-29(14-13-19(2)3)27(33)25-15-23-22-7-5-6-8-24(22)31(26(23)17-30(25)18-32)16-20-9-11-21(12-10-20)28(34)35/h5-12,18-19,25H,4,13-17H2,1-3H3,(H,34,35). The van der Waals surface area contributed by atoms with Crippen LogP contribution in [-0.4, -0.2) is 56.9 Å². The van der Waals surface area contributed by atoms with E-state index in [0.29, 0.717) is 38.5 Å². The summed E-state index contributed by atoms with van der Waals surface area (Å²) in [6.45, 7) is 8.50. The first-order valence-electron chi connectivity index (χ1n) is 12.2. The first-order valence-corrected chi connectivity index (χ1v) is 12.2. The zero-order chi connectivity index (χ0) is 25.1. The van der Waals surface area contributed by atoms with Gasteiger partial charge in [0.1, 0.15) is 6.04 Å². The predicted octanol–water partition coefficient (Wildman–Crippen LogP) is 4.17. The third-order valence-corrected chi connectivity index (χ3v) is 6.96. The van der Waals surface area contributed by atoms with Gasteiger partial charge >= 0.3 is 5.97 Å². The van der Waals surface area contributed by atoms with Crippen molar-refractivity contribution in [2.45, 2.75) is 52.7 Å². The van der Waals surface area contributed by atoms with Crippen molar-refractivity contribution in [1.29, 1.82) is 0 Å². The zero-order valence-electron chi connectivity index (χ0n) is 20.6. The number of nitrogens with zero attached hydrogens (tertiary/aromatic N) is 3. The van der Waals surface area contributed by atoms with E-state index in [9.17, 15) is 19.5 Å². The Hall–Kier alpha value is -3.61. The average molecular weight is 476 g/mol. The Morgan fingerprint density at radius 2 is 1.86 bits per heavy atom. The highest BCUT2D eigenvalue weighted by atomic mass is 16.4. The van der Waals surface area contributed by atoms with Crippen molar-refractivity contribution in [3.63, 3.8) is 0 Å². The first-order chi connectivity index (χ1) is 16.8. The molecule has 0 saturated carbocycles. The molecule has 7 nitrogen and oxygen atoms in total. The van der Waals surface area contributed by atoms with E-state index < -0.39 is 12.0 Å². The summed E-state index contributed by atoms with van der Waals surface area (Å²) < 4.78 is 2.19. The zero-order valence-corrected chi connectivity index (χ0v) is 20.6. The molecule has 0 radical (unpaired) electrons. The summed E-state index contributed by atoms with van der Waals surface area (Å²) in [5.74, 6) is -0.446. The molecule has 3 aromatic rings. The Morgan fingerprint density at radius 1 is 1.14 bits per heavy atom. The highest BCUT2D eigenvalue weighted by Crippen LogP contribution is 2.34. The maximum absolute atomic E-state index is 13.5. The minimum atomic E-state index is -0.952. The number of carboxylic acids is 1. The van der Waals surface area contributed by atoms with Crippen LogP contribution in [0.5, 0.6) is 0 Å². The van der Waals surface area contributed by atoms with E-state index in [1.165, 1.54) is 0 Å². The largest absolute Gasteiger partial charge is 0.478 e. The van der Waals surface area contributed by atoms with Crippen LogP contribution < -0.4 is 0 Å². The van der Waals surface area contributed by atoms with E-state index >= 15 is 0 Å². The Bertz CT molecular complexity index is 1230. The number of carbonyl (C=O) groups excluding carboxylic acids is 2. The molecule has 1 aliphatic rings. The number of hydrogen-bond donors (Lipinski definition) is 1. The number of likely N-dealkylation sites (N-methyl/N-ethyl adjacent to an activating group) is 1. The van der Waals surface area contributed by atoms with E-state index in [-0.39, 0.29) is 11.5 Å². The Labute approximate surface area is 205 Å². The number of rotatable bonds is 9. The van der Waals surface area contributed by atoms with Crippen molar-refractivity contribution in [2.75, 3.05) is 13.1 Å². The van der Waals surface area contributed by atoms with Crippen LogP contribution in [0.4, 0.5) is 0 Å². The lowest BCUT2D eigenvalue weighted by atomic mass is 9.95. The molecule has 0 bridgehead atoms. The van der Waals surface area contributed by atoms with Gasteiger partial charge in [0.2, 0.25) is 12.3 Å². The molecule has 0 saturated heterocycles. The molecule has 1 unspecified atom stereocenters. The Kier molecular flexibility index (Phi) is 7.24. The van der Waals surface area contributed by atoms with Gasteiger partial charge in [-0.3, -0.25) is 9.59 Å². The summed E-state index contributed by atoms with van der Waals surface area (Å²) in [5, 5.41) is 10.3. The third-order valence-electron chi connectivity index (χ3n) is 6.96. The number of carbonyl (C=O) groups is 3. The average Bonchev–Trinajstić information content (AvgIpc) is 3.16. The van der Waals surface area contributed by atoms with Crippen molar-refractivity contribution in [3.05, 3.63) is 70.9 Å². The molecule has 4 rings (SSSR count). The maximum atomic E-state index is 13.5. The minimum Gasteiger partial charge on any atom is -0.478 e. The molecule has 0 fully saturated rings. The van der Waals surface area contributed by atoms with Gasteiger partial charge in [-0.2, -0.15) is 0 Å². The fourth-order valence-corrected chi connectivity index (χ4v) is 4.93. The summed E-state index contributed by atoms with van der Waals surface area (Å²) in [5.41, 5.74) is 4.40. The number of aromatic carboxylic acids is 1. The SMILES string of the molecule is CCN(CCC(C)C)C(=O)C1Cc2c(n(Cc3ccc(C(=O)O)cc3)c3ccccc23)CN1C=O. The second-order valence-corrected chi connectivity index (χ2v) is 9.63. The summed E-state index contributed by atoms with van der Waals surface area (Å²) >= 11 is 0. The molecule has 1 atom stereocenters. The first kappa shape index (κ1) is 24.5. The Balaban J connectivity index is 1.69. The molecule has 2 amide bonds. The third kappa shape index (κ3) is 4.94. The lowest BCUT2D eigenvalue weighted by molar-refractivity contribution is -0.141. The Morgan fingerprint density at radius 3 is 2.49 bits per heavy atom. The predicted molar refractivity (Wildman–Crippen MR) is 135 cm³/mol. The van der Waals surface area contributed by atoms with Crippen LogP contribution in [-0.2, 0) is 29.1 Å². The van der Waals surface area contributed by atoms with Gasteiger partial charge in [-0.25, -0.2) is 4.79 Å². The number of amides is 2. The molecule has 35 heavy (non-hydrogen) atoms.